The second-order valence-corrected chi connectivity index (χ2v) is 6.24. The summed E-state index contributed by atoms with van der Waals surface area (Å²) in [4.78, 5) is 14.1. The molecule has 0 aromatic rings. The maximum atomic E-state index is 12.2. The number of likely N-dealkylation sites (N-methyl/N-ethyl adjacent to an activating group) is 1. The maximum absolute atomic E-state index is 12.2. The van der Waals surface area contributed by atoms with Gasteiger partial charge >= 0.3 is 0 Å². The van der Waals surface area contributed by atoms with E-state index in [1.807, 2.05) is 11.9 Å². The zero-order valence-electron chi connectivity index (χ0n) is 12.1. The van der Waals surface area contributed by atoms with Crippen molar-refractivity contribution in [1.82, 2.24) is 4.90 Å². The van der Waals surface area contributed by atoms with Crippen LogP contribution in [0.25, 0.3) is 0 Å². The van der Waals surface area contributed by atoms with Gasteiger partial charge in [0.25, 0.3) is 0 Å². The van der Waals surface area contributed by atoms with E-state index in [1.165, 1.54) is 25.7 Å². The smallest absolute Gasteiger partial charge is 0.222 e. The first-order chi connectivity index (χ1) is 9.19. The molecule has 4 nitrogen and oxygen atoms in total. The van der Waals surface area contributed by atoms with Crippen LogP contribution >= 0.6 is 0 Å². The van der Waals surface area contributed by atoms with Crippen molar-refractivity contribution in [2.45, 2.75) is 51.0 Å². The molecule has 0 radical (unpaired) electrons. The van der Waals surface area contributed by atoms with Crippen LogP contribution in [0.15, 0.2) is 0 Å². The number of hydrogen-bond acceptors (Lipinski definition) is 3. The van der Waals surface area contributed by atoms with Gasteiger partial charge < -0.3 is 15.4 Å². The fraction of sp³-hybridized carbons (Fsp3) is 0.933. The Bertz CT molecular complexity index is 282. The number of amides is 1. The SMILES string of the molecule is CN(CC1CCCO1)C(=O)CC1CCC(CN)CC1. The van der Waals surface area contributed by atoms with E-state index in [0.717, 1.165) is 32.5 Å². The Morgan fingerprint density at radius 1 is 1.21 bits per heavy atom. The summed E-state index contributed by atoms with van der Waals surface area (Å²) >= 11 is 0. The highest BCUT2D eigenvalue weighted by Crippen LogP contribution is 2.30. The van der Waals surface area contributed by atoms with Crippen molar-refractivity contribution in [3.8, 4) is 0 Å². The lowest BCUT2D eigenvalue weighted by Crippen LogP contribution is -2.35. The predicted molar refractivity (Wildman–Crippen MR) is 75.7 cm³/mol. The molecule has 2 aliphatic rings. The number of carbonyl (C=O) groups is 1. The van der Waals surface area contributed by atoms with E-state index in [2.05, 4.69) is 0 Å². The Kier molecular flexibility index (Phi) is 5.64. The summed E-state index contributed by atoms with van der Waals surface area (Å²) in [6.45, 7) is 2.42. The molecule has 1 saturated carbocycles. The Balaban J connectivity index is 1.68. The van der Waals surface area contributed by atoms with Crippen molar-refractivity contribution in [3.63, 3.8) is 0 Å². The van der Waals surface area contributed by atoms with Crippen molar-refractivity contribution in [1.29, 1.82) is 0 Å². The predicted octanol–water partition coefficient (Wildman–Crippen LogP) is 1.78. The molecule has 2 N–H and O–H groups in total. The molecule has 110 valence electrons. The number of nitrogens with two attached hydrogens (primary N) is 1. The van der Waals surface area contributed by atoms with Crippen LogP contribution in [0.2, 0.25) is 0 Å². The molecule has 0 bridgehead atoms. The third-order valence-electron chi connectivity index (χ3n) is 4.69. The van der Waals surface area contributed by atoms with Crippen LogP contribution in [0, 0.1) is 11.8 Å². The van der Waals surface area contributed by atoms with Gasteiger partial charge in [-0.3, -0.25) is 4.79 Å². The molecule has 1 amide bonds. The van der Waals surface area contributed by atoms with E-state index in [-0.39, 0.29) is 12.0 Å². The van der Waals surface area contributed by atoms with E-state index in [1.54, 1.807) is 0 Å². The minimum Gasteiger partial charge on any atom is -0.376 e. The molecule has 1 aliphatic heterocycles. The van der Waals surface area contributed by atoms with Gasteiger partial charge in [0.05, 0.1) is 6.10 Å². The topological polar surface area (TPSA) is 55.6 Å². The standard InChI is InChI=1S/C15H28N2O2/c1-17(11-14-3-2-8-19-14)15(18)9-12-4-6-13(10-16)7-5-12/h12-14H,2-11,16H2,1H3. The average molecular weight is 268 g/mol. The number of carbonyl (C=O) groups excluding carboxylic acids is 1. The lowest BCUT2D eigenvalue weighted by atomic mass is 9.80. The molecule has 0 aromatic carbocycles. The van der Waals surface area contributed by atoms with Crippen LogP contribution in [0.4, 0.5) is 0 Å². The molecule has 19 heavy (non-hydrogen) atoms. The van der Waals surface area contributed by atoms with Gasteiger partial charge in [0.2, 0.25) is 5.91 Å². The monoisotopic (exact) mass is 268 g/mol. The quantitative estimate of drug-likeness (QED) is 0.827. The summed E-state index contributed by atoms with van der Waals surface area (Å²) in [6, 6.07) is 0. The van der Waals surface area contributed by atoms with Gasteiger partial charge in [-0.2, -0.15) is 0 Å². The van der Waals surface area contributed by atoms with Crippen LogP contribution in [-0.2, 0) is 9.53 Å². The van der Waals surface area contributed by atoms with Crippen molar-refractivity contribution >= 4 is 5.91 Å². The fourth-order valence-electron chi connectivity index (χ4n) is 3.27. The number of nitrogens with zero attached hydrogens (tertiary/aromatic N) is 1. The number of ether oxygens (including phenoxy) is 1. The van der Waals surface area contributed by atoms with Crippen molar-refractivity contribution < 1.29 is 9.53 Å². The summed E-state index contributed by atoms with van der Waals surface area (Å²) in [5.74, 6) is 1.55. The highest BCUT2D eigenvalue weighted by atomic mass is 16.5. The van der Waals surface area contributed by atoms with E-state index in [4.69, 9.17) is 10.5 Å². The minimum absolute atomic E-state index is 0.266. The highest BCUT2D eigenvalue weighted by molar-refractivity contribution is 5.76. The van der Waals surface area contributed by atoms with Gasteiger partial charge in [0.1, 0.15) is 0 Å². The largest absolute Gasteiger partial charge is 0.376 e. The molecule has 0 spiro atoms. The van der Waals surface area contributed by atoms with Crippen molar-refractivity contribution in [2.24, 2.45) is 17.6 Å². The molecule has 1 heterocycles. The second-order valence-electron chi connectivity index (χ2n) is 6.24. The summed E-state index contributed by atoms with van der Waals surface area (Å²) in [7, 11) is 1.91. The molecule has 4 heteroatoms. The van der Waals surface area contributed by atoms with E-state index < -0.39 is 0 Å². The third-order valence-corrected chi connectivity index (χ3v) is 4.69. The zero-order chi connectivity index (χ0) is 13.7. The first-order valence-electron chi connectivity index (χ1n) is 7.74. The first kappa shape index (κ1) is 14.8. The third kappa shape index (κ3) is 4.46. The normalized spacial score (nSPS) is 31.4. The van der Waals surface area contributed by atoms with Crippen molar-refractivity contribution in [3.05, 3.63) is 0 Å². The number of hydrogen-bond donors (Lipinski definition) is 1. The molecular formula is C15H28N2O2. The van der Waals surface area contributed by atoms with Gasteiger partial charge in [0, 0.05) is 26.6 Å². The first-order valence-corrected chi connectivity index (χ1v) is 7.74. The van der Waals surface area contributed by atoms with Gasteiger partial charge in [-0.1, -0.05) is 0 Å². The summed E-state index contributed by atoms with van der Waals surface area (Å²) in [6.07, 6.45) is 7.94. The summed E-state index contributed by atoms with van der Waals surface area (Å²) in [5.41, 5.74) is 5.70. The Hall–Kier alpha value is -0.610. The molecule has 1 aliphatic carbocycles. The lowest BCUT2D eigenvalue weighted by Gasteiger charge is -2.29. The van der Waals surface area contributed by atoms with Crippen LogP contribution < -0.4 is 5.73 Å². The van der Waals surface area contributed by atoms with Gasteiger partial charge in [-0.25, -0.2) is 0 Å². The van der Waals surface area contributed by atoms with Crippen LogP contribution in [-0.4, -0.2) is 43.7 Å². The number of rotatable bonds is 5. The minimum atomic E-state index is 0.266. The average Bonchev–Trinajstić information content (AvgIpc) is 2.92. The van der Waals surface area contributed by atoms with Gasteiger partial charge in [-0.05, 0) is 56.9 Å². The second kappa shape index (κ2) is 7.25. The molecule has 1 unspecified atom stereocenters. The van der Waals surface area contributed by atoms with E-state index in [9.17, 15) is 4.79 Å². The Morgan fingerprint density at radius 3 is 2.47 bits per heavy atom. The molecular weight excluding hydrogens is 240 g/mol. The Labute approximate surface area is 116 Å². The van der Waals surface area contributed by atoms with Gasteiger partial charge in [-0.15, -0.1) is 0 Å². The maximum Gasteiger partial charge on any atom is 0.222 e. The van der Waals surface area contributed by atoms with Crippen LogP contribution in [0.3, 0.4) is 0 Å². The highest BCUT2D eigenvalue weighted by Gasteiger charge is 2.25. The van der Waals surface area contributed by atoms with E-state index in [0.29, 0.717) is 18.3 Å². The fourth-order valence-corrected chi connectivity index (χ4v) is 3.27. The molecule has 0 aromatic heterocycles. The molecule has 2 fully saturated rings. The molecule has 1 atom stereocenters. The molecule has 2 rings (SSSR count). The van der Waals surface area contributed by atoms with Crippen molar-refractivity contribution in [2.75, 3.05) is 26.7 Å². The molecule has 1 saturated heterocycles. The van der Waals surface area contributed by atoms with E-state index >= 15 is 0 Å². The zero-order valence-corrected chi connectivity index (χ0v) is 12.1. The lowest BCUT2D eigenvalue weighted by molar-refractivity contribution is -0.132. The summed E-state index contributed by atoms with van der Waals surface area (Å²) < 4.78 is 5.58. The Morgan fingerprint density at radius 2 is 1.89 bits per heavy atom. The van der Waals surface area contributed by atoms with Gasteiger partial charge in [0.15, 0.2) is 0 Å². The van der Waals surface area contributed by atoms with Crippen LogP contribution in [0.1, 0.15) is 44.9 Å². The summed E-state index contributed by atoms with van der Waals surface area (Å²) in [5, 5.41) is 0. The van der Waals surface area contributed by atoms with Crippen LogP contribution in [0.5, 0.6) is 0 Å².